The van der Waals surface area contributed by atoms with Gasteiger partial charge in [-0.1, -0.05) is 66.5 Å². The van der Waals surface area contributed by atoms with Crippen molar-refractivity contribution in [1.82, 2.24) is 5.01 Å². The molecule has 1 aliphatic rings. The van der Waals surface area contributed by atoms with Crippen molar-refractivity contribution in [2.75, 3.05) is 0 Å². The number of carbonyl (C=O) groups is 1. The van der Waals surface area contributed by atoms with Crippen molar-refractivity contribution in [1.29, 1.82) is 0 Å². The van der Waals surface area contributed by atoms with Gasteiger partial charge in [-0.2, -0.15) is 5.10 Å². The fraction of sp³-hybridized carbons (Fsp3) is 0.222. The third-order valence-electron chi connectivity index (χ3n) is 3.89. The van der Waals surface area contributed by atoms with E-state index in [-0.39, 0.29) is 11.9 Å². The largest absolute Gasteiger partial charge is 0.273 e. The number of hydrogen-bond acceptors (Lipinski definition) is 2. The van der Waals surface area contributed by atoms with Gasteiger partial charge < -0.3 is 0 Å². The van der Waals surface area contributed by atoms with Crippen LogP contribution in [0.4, 0.5) is 0 Å². The topological polar surface area (TPSA) is 32.7 Å². The van der Waals surface area contributed by atoms with Crippen LogP contribution in [0.5, 0.6) is 0 Å². The van der Waals surface area contributed by atoms with Crippen LogP contribution in [0.25, 0.3) is 0 Å². The number of benzene rings is 2. The third kappa shape index (κ3) is 3.26. The molecule has 2 aromatic rings. The minimum atomic E-state index is -0.0922. The Morgan fingerprint density at radius 1 is 1.22 bits per heavy atom. The lowest BCUT2D eigenvalue weighted by Crippen LogP contribution is -2.26. The summed E-state index contributed by atoms with van der Waals surface area (Å²) in [5, 5.41) is 7.26. The molecule has 1 atom stereocenters. The van der Waals surface area contributed by atoms with E-state index in [1.807, 2.05) is 43.3 Å². The van der Waals surface area contributed by atoms with Crippen molar-refractivity contribution in [3.05, 3.63) is 69.7 Å². The maximum Gasteiger partial charge on any atom is 0.242 e. The molecule has 1 heterocycles. The lowest BCUT2D eigenvalue weighted by Gasteiger charge is -2.21. The normalized spacial score (nSPS) is 17.3. The van der Waals surface area contributed by atoms with Crippen LogP contribution < -0.4 is 0 Å². The van der Waals surface area contributed by atoms with Gasteiger partial charge in [0.1, 0.15) is 0 Å². The Hall–Kier alpha value is -1.84. The Labute approximate surface area is 145 Å². The summed E-state index contributed by atoms with van der Waals surface area (Å²) in [5.74, 6) is -0.000982. The van der Waals surface area contributed by atoms with Gasteiger partial charge in [0.15, 0.2) is 0 Å². The first-order valence-corrected chi connectivity index (χ1v) is 8.25. The molecule has 1 amide bonds. The minimum absolute atomic E-state index is 0.000982. The molecule has 118 valence electrons. The molecule has 3 rings (SSSR count). The molecule has 0 saturated carbocycles. The first-order chi connectivity index (χ1) is 11.1. The zero-order valence-corrected chi connectivity index (χ0v) is 14.2. The van der Waals surface area contributed by atoms with Crippen molar-refractivity contribution < 1.29 is 4.79 Å². The van der Waals surface area contributed by atoms with Crippen molar-refractivity contribution in [3.8, 4) is 0 Å². The molecule has 0 radical (unpaired) electrons. The lowest BCUT2D eigenvalue weighted by molar-refractivity contribution is -0.132. The van der Waals surface area contributed by atoms with Crippen LogP contribution in [0.15, 0.2) is 53.6 Å². The SMILES string of the molecule is CCC(=O)N1N=C(c2ccc(Cl)cc2Cl)CC1c1ccccc1. The highest BCUT2D eigenvalue weighted by Crippen LogP contribution is 2.35. The van der Waals surface area contributed by atoms with Crippen LogP contribution in [0, 0.1) is 0 Å². The van der Waals surface area contributed by atoms with Crippen LogP contribution in [-0.4, -0.2) is 16.6 Å². The van der Waals surface area contributed by atoms with E-state index in [9.17, 15) is 4.79 Å². The molecule has 0 N–H and O–H groups in total. The van der Waals surface area contributed by atoms with Gasteiger partial charge in [0, 0.05) is 23.4 Å². The van der Waals surface area contributed by atoms with Gasteiger partial charge in [-0.25, -0.2) is 5.01 Å². The maximum atomic E-state index is 12.3. The van der Waals surface area contributed by atoms with Crippen molar-refractivity contribution >= 4 is 34.8 Å². The van der Waals surface area contributed by atoms with Gasteiger partial charge >= 0.3 is 0 Å². The molecule has 0 saturated heterocycles. The van der Waals surface area contributed by atoms with E-state index < -0.39 is 0 Å². The monoisotopic (exact) mass is 346 g/mol. The molecule has 3 nitrogen and oxygen atoms in total. The van der Waals surface area contributed by atoms with Crippen LogP contribution in [0.3, 0.4) is 0 Å². The number of amides is 1. The fourth-order valence-corrected chi connectivity index (χ4v) is 3.24. The summed E-state index contributed by atoms with van der Waals surface area (Å²) in [6, 6.07) is 15.2. The quantitative estimate of drug-likeness (QED) is 0.762. The molecule has 2 aromatic carbocycles. The molecule has 5 heteroatoms. The second-order valence-corrected chi connectivity index (χ2v) is 6.24. The molecule has 0 bridgehead atoms. The number of hydrazone groups is 1. The smallest absolute Gasteiger partial charge is 0.242 e. The number of hydrogen-bond donors (Lipinski definition) is 0. The maximum absolute atomic E-state index is 12.3. The molecule has 0 fully saturated rings. The Morgan fingerprint density at radius 3 is 2.61 bits per heavy atom. The molecule has 1 unspecified atom stereocenters. The van der Waals surface area contributed by atoms with E-state index in [1.165, 1.54) is 0 Å². The summed E-state index contributed by atoms with van der Waals surface area (Å²) < 4.78 is 0. The van der Waals surface area contributed by atoms with Crippen molar-refractivity contribution in [2.24, 2.45) is 5.10 Å². The second-order valence-electron chi connectivity index (χ2n) is 5.39. The number of nitrogens with zero attached hydrogens (tertiary/aromatic N) is 2. The highest BCUT2D eigenvalue weighted by Gasteiger charge is 2.32. The summed E-state index contributed by atoms with van der Waals surface area (Å²) in [6.45, 7) is 1.84. The highest BCUT2D eigenvalue weighted by molar-refractivity contribution is 6.37. The zero-order valence-electron chi connectivity index (χ0n) is 12.7. The zero-order chi connectivity index (χ0) is 16.4. The van der Waals surface area contributed by atoms with Gasteiger partial charge in [0.05, 0.1) is 16.8 Å². The Bertz CT molecular complexity index is 759. The first-order valence-electron chi connectivity index (χ1n) is 7.50. The van der Waals surface area contributed by atoms with Crippen LogP contribution >= 0.6 is 23.2 Å². The molecule has 1 aliphatic heterocycles. The molecule has 0 spiro atoms. The Balaban J connectivity index is 1.98. The van der Waals surface area contributed by atoms with Crippen molar-refractivity contribution in [2.45, 2.75) is 25.8 Å². The standard InChI is InChI=1S/C18H16Cl2N2O/c1-2-18(23)22-17(12-6-4-3-5-7-12)11-16(21-22)14-9-8-13(19)10-15(14)20/h3-10,17H,2,11H2,1H3. The molecular weight excluding hydrogens is 331 g/mol. The molecule has 23 heavy (non-hydrogen) atoms. The Kier molecular flexibility index (Phi) is 4.69. The lowest BCUT2D eigenvalue weighted by atomic mass is 9.98. The van der Waals surface area contributed by atoms with Crippen LogP contribution in [-0.2, 0) is 4.79 Å². The summed E-state index contributed by atoms with van der Waals surface area (Å²) >= 11 is 12.3. The van der Waals surface area contributed by atoms with E-state index in [0.717, 1.165) is 16.8 Å². The second kappa shape index (κ2) is 6.73. The highest BCUT2D eigenvalue weighted by atomic mass is 35.5. The molecule has 0 aliphatic carbocycles. The van der Waals surface area contributed by atoms with Gasteiger partial charge in [0.2, 0.25) is 5.91 Å². The minimum Gasteiger partial charge on any atom is -0.273 e. The number of carbonyl (C=O) groups excluding carboxylic acids is 1. The van der Waals surface area contributed by atoms with E-state index in [1.54, 1.807) is 17.1 Å². The average Bonchev–Trinajstić information content (AvgIpc) is 3.00. The van der Waals surface area contributed by atoms with Crippen LogP contribution in [0.2, 0.25) is 10.0 Å². The molecular formula is C18H16Cl2N2O. The van der Waals surface area contributed by atoms with Gasteiger partial charge in [-0.3, -0.25) is 4.79 Å². The van der Waals surface area contributed by atoms with E-state index in [2.05, 4.69) is 5.10 Å². The summed E-state index contributed by atoms with van der Waals surface area (Å²) in [7, 11) is 0. The predicted molar refractivity (Wildman–Crippen MR) is 93.9 cm³/mol. The van der Waals surface area contributed by atoms with Crippen LogP contribution in [0.1, 0.15) is 36.9 Å². The van der Waals surface area contributed by atoms with Gasteiger partial charge in [-0.05, 0) is 17.7 Å². The third-order valence-corrected chi connectivity index (χ3v) is 4.44. The average molecular weight is 347 g/mol. The van der Waals surface area contributed by atoms with E-state index in [4.69, 9.17) is 23.2 Å². The number of rotatable bonds is 3. The summed E-state index contributed by atoms with van der Waals surface area (Å²) in [6.07, 6.45) is 1.05. The van der Waals surface area contributed by atoms with Gasteiger partial charge in [-0.15, -0.1) is 0 Å². The summed E-state index contributed by atoms with van der Waals surface area (Å²) in [5.41, 5.74) is 2.70. The first kappa shape index (κ1) is 16.0. The Morgan fingerprint density at radius 2 is 1.96 bits per heavy atom. The summed E-state index contributed by atoms with van der Waals surface area (Å²) in [4.78, 5) is 12.3. The van der Waals surface area contributed by atoms with E-state index in [0.29, 0.717) is 22.9 Å². The van der Waals surface area contributed by atoms with E-state index >= 15 is 0 Å². The predicted octanol–water partition coefficient (Wildman–Crippen LogP) is 5.08. The molecule has 0 aromatic heterocycles. The van der Waals surface area contributed by atoms with Crippen molar-refractivity contribution in [3.63, 3.8) is 0 Å². The fourth-order valence-electron chi connectivity index (χ4n) is 2.72. The van der Waals surface area contributed by atoms with Gasteiger partial charge in [0.25, 0.3) is 0 Å². The number of halogens is 2.